The maximum absolute atomic E-state index is 11.5. The Bertz CT molecular complexity index is 340. The molecular weight excluding hydrogens is 192 g/mol. The van der Waals surface area contributed by atoms with Crippen LogP contribution in [-0.4, -0.2) is 19.2 Å². The first-order chi connectivity index (χ1) is 7.17. The van der Waals surface area contributed by atoms with Gasteiger partial charge in [-0.3, -0.25) is 0 Å². The number of hydrogen-bond donors (Lipinski definition) is 0. The fourth-order valence-electron chi connectivity index (χ4n) is 1.01. The van der Waals surface area contributed by atoms with Crippen LogP contribution in [0.25, 0.3) is 0 Å². The fourth-order valence-corrected chi connectivity index (χ4v) is 1.01. The Morgan fingerprint density at radius 2 is 2.00 bits per heavy atom. The topological polar surface area (TPSA) is 35.5 Å². The lowest BCUT2D eigenvalue weighted by atomic mass is 10.2. The summed E-state index contributed by atoms with van der Waals surface area (Å²) in [6.07, 6.45) is 1.29. The van der Waals surface area contributed by atoms with Gasteiger partial charge in [-0.15, -0.1) is 0 Å². The van der Waals surface area contributed by atoms with Crippen molar-refractivity contribution in [2.75, 3.05) is 7.11 Å². The minimum Gasteiger partial charge on any atom is -0.497 e. The molecule has 0 aliphatic carbocycles. The first kappa shape index (κ1) is 11.3. The van der Waals surface area contributed by atoms with E-state index in [1.54, 1.807) is 44.4 Å². The van der Waals surface area contributed by atoms with Gasteiger partial charge in [-0.2, -0.15) is 0 Å². The second kappa shape index (κ2) is 5.20. The lowest BCUT2D eigenvalue weighted by Crippen LogP contribution is -2.12. The summed E-state index contributed by atoms with van der Waals surface area (Å²) in [6, 6.07) is 6.76. The smallest absolute Gasteiger partial charge is 0.338 e. The van der Waals surface area contributed by atoms with E-state index in [-0.39, 0.29) is 12.1 Å². The molecule has 0 saturated carbocycles. The number of methoxy groups -OCH3 is 1. The molecule has 0 aliphatic rings. The molecule has 3 heteroatoms. The summed E-state index contributed by atoms with van der Waals surface area (Å²) in [5.74, 6) is 0.355. The second-order valence-corrected chi connectivity index (χ2v) is 3.07. The van der Waals surface area contributed by atoms with Crippen LogP contribution in [-0.2, 0) is 4.74 Å². The standard InChI is InChI=1S/C12H14O3/c1-4-9(2)15-12(13)10-5-7-11(14-3)8-6-10/h4-9H,1H2,2-3H3/t9-/m1/s1. The number of esters is 1. The number of rotatable bonds is 4. The molecular formula is C12H14O3. The van der Waals surface area contributed by atoms with Crippen LogP contribution in [0, 0.1) is 0 Å². The first-order valence-electron chi connectivity index (χ1n) is 4.65. The second-order valence-electron chi connectivity index (χ2n) is 3.07. The molecule has 0 spiro atoms. The Kier molecular flexibility index (Phi) is 3.92. The summed E-state index contributed by atoms with van der Waals surface area (Å²) in [5, 5.41) is 0. The van der Waals surface area contributed by atoms with Crippen LogP contribution in [0.15, 0.2) is 36.9 Å². The molecule has 1 atom stereocenters. The largest absolute Gasteiger partial charge is 0.497 e. The molecule has 0 bridgehead atoms. The first-order valence-corrected chi connectivity index (χ1v) is 4.65. The number of hydrogen-bond acceptors (Lipinski definition) is 3. The van der Waals surface area contributed by atoms with Crippen LogP contribution >= 0.6 is 0 Å². The van der Waals surface area contributed by atoms with E-state index in [0.717, 1.165) is 0 Å². The van der Waals surface area contributed by atoms with Crippen molar-refractivity contribution in [3.05, 3.63) is 42.5 Å². The summed E-state index contributed by atoms with van der Waals surface area (Å²) in [7, 11) is 1.58. The van der Waals surface area contributed by atoms with E-state index in [1.807, 2.05) is 0 Å². The summed E-state index contributed by atoms with van der Waals surface area (Å²) >= 11 is 0. The van der Waals surface area contributed by atoms with E-state index in [2.05, 4.69) is 6.58 Å². The number of carbonyl (C=O) groups excluding carboxylic acids is 1. The van der Waals surface area contributed by atoms with Crippen molar-refractivity contribution >= 4 is 5.97 Å². The quantitative estimate of drug-likeness (QED) is 0.560. The Morgan fingerprint density at radius 1 is 1.40 bits per heavy atom. The lowest BCUT2D eigenvalue weighted by molar-refractivity contribution is 0.0425. The van der Waals surface area contributed by atoms with Gasteiger partial charge in [0, 0.05) is 0 Å². The molecule has 1 aromatic rings. The fraction of sp³-hybridized carbons (Fsp3) is 0.250. The van der Waals surface area contributed by atoms with Gasteiger partial charge < -0.3 is 9.47 Å². The normalized spacial score (nSPS) is 11.6. The minimum absolute atomic E-state index is 0.278. The number of ether oxygens (including phenoxy) is 2. The predicted octanol–water partition coefficient (Wildman–Crippen LogP) is 2.43. The van der Waals surface area contributed by atoms with Crippen molar-refractivity contribution in [1.29, 1.82) is 0 Å². The van der Waals surface area contributed by atoms with E-state index in [1.165, 1.54) is 0 Å². The van der Waals surface area contributed by atoms with Gasteiger partial charge in [-0.25, -0.2) is 4.79 Å². The van der Waals surface area contributed by atoms with Gasteiger partial charge in [0.15, 0.2) is 0 Å². The van der Waals surface area contributed by atoms with Crippen molar-refractivity contribution in [2.45, 2.75) is 13.0 Å². The molecule has 0 radical (unpaired) electrons. The van der Waals surface area contributed by atoms with Crippen LogP contribution in [0.5, 0.6) is 5.75 Å². The van der Waals surface area contributed by atoms with Crippen molar-refractivity contribution in [1.82, 2.24) is 0 Å². The summed E-state index contributed by atoms with van der Waals surface area (Å²) in [4.78, 5) is 11.5. The van der Waals surface area contributed by atoms with Crippen molar-refractivity contribution in [3.63, 3.8) is 0 Å². The Labute approximate surface area is 89.3 Å². The highest BCUT2D eigenvalue weighted by molar-refractivity contribution is 5.89. The zero-order valence-electron chi connectivity index (χ0n) is 8.90. The molecule has 0 saturated heterocycles. The highest BCUT2D eigenvalue weighted by atomic mass is 16.5. The Balaban J connectivity index is 2.70. The zero-order chi connectivity index (χ0) is 11.3. The molecule has 3 nitrogen and oxygen atoms in total. The summed E-state index contributed by atoms with van der Waals surface area (Å²) in [6.45, 7) is 5.30. The third-order valence-electron chi connectivity index (χ3n) is 1.95. The van der Waals surface area contributed by atoms with E-state index < -0.39 is 0 Å². The molecule has 80 valence electrons. The Hall–Kier alpha value is -1.77. The molecule has 0 unspecified atom stereocenters. The lowest BCUT2D eigenvalue weighted by Gasteiger charge is -2.08. The Morgan fingerprint density at radius 3 is 2.47 bits per heavy atom. The van der Waals surface area contributed by atoms with E-state index in [0.29, 0.717) is 11.3 Å². The van der Waals surface area contributed by atoms with Gasteiger partial charge in [0.2, 0.25) is 0 Å². The molecule has 1 aromatic carbocycles. The highest BCUT2D eigenvalue weighted by Crippen LogP contribution is 2.12. The van der Waals surface area contributed by atoms with Crippen molar-refractivity contribution in [3.8, 4) is 5.75 Å². The maximum atomic E-state index is 11.5. The van der Waals surface area contributed by atoms with Crippen molar-refractivity contribution < 1.29 is 14.3 Å². The molecule has 15 heavy (non-hydrogen) atoms. The zero-order valence-corrected chi connectivity index (χ0v) is 8.90. The molecule has 0 heterocycles. The van der Waals surface area contributed by atoms with E-state index in [4.69, 9.17) is 9.47 Å². The van der Waals surface area contributed by atoms with E-state index >= 15 is 0 Å². The molecule has 1 rings (SSSR count). The number of carbonyl (C=O) groups is 1. The van der Waals surface area contributed by atoms with E-state index in [9.17, 15) is 4.79 Å². The van der Waals surface area contributed by atoms with Crippen LogP contribution in [0.3, 0.4) is 0 Å². The minimum atomic E-state index is -0.356. The van der Waals surface area contributed by atoms with Gasteiger partial charge in [0.05, 0.1) is 12.7 Å². The molecule has 0 aromatic heterocycles. The maximum Gasteiger partial charge on any atom is 0.338 e. The summed E-state index contributed by atoms with van der Waals surface area (Å²) < 4.78 is 10.0. The monoisotopic (exact) mass is 206 g/mol. The molecule has 0 aliphatic heterocycles. The van der Waals surface area contributed by atoms with Gasteiger partial charge in [0.1, 0.15) is 11.9 Å². The van der Waals surface area contributed by atoms with Crippen LogP contribution in [0.2, 0.25) is 0 Å². The van der Waals surface area contributed by atoms with Crippen LogP contribution in [0.4, 0.5) is 0 Å². The molecule has 0 fully saturated rings. The molecule has 0 amide bonds. The average Bonchev–Trinajstić information content (AvgIpc) is 2.29. The van der Waals surface area contributed by atoms with Gasteiger partial charge in [0.25, 0.3) is 0 Å². The number of benzene rings is 1. The van der Waals surface area contributed by atoms with Crippen LogP contribution in [0.1, 0.15) is 17.3 Å². The van der Waals surface area contributed by atoms with Gasteiger partial charge in [-0.05, 0) is 31.2 Å². The van der Waals surface area contributed by atoms with Crippen molar-refractivity contribution in [2.24, 2.45) is 0 Å². The average molecular weight is 206 g/mol. The predicted molar refractivity (Wildman–Crippen MR) is 58.1 cm³/mol. The highest BCUT2D eigenvalue weighted by Gasteiger charge is 2.09. The SMILES string of the molecule is C=C[C@@H](C)OC(=O)c1ccc(OC)cc1. The van der Waals surface area contributed by atoms with Gasteiger partial charge in [-0.1, -0.05) is 12.7 Å². The third kappa shape index (κ3) is 3.13. The van der Waals surface area contributed by atoms with Crippen LogP contribution < -0.4 is 4.74 Å². The molecule has 0 N–H and O–H groups in total. The van der Waals surface area contributed by atoms with Gasteiger partial charge >= 0.3 is 5.97 Å². The third-order valence-corrected chi connectivity index (χ3v) is 1.95. The summed E-state index contributed by atoms with van der Waals surface area (Å²) in [5.41, 5.74) is 0.504.